The first-order chi connectivity index (χ1) is 9.00. The molecule has 0 bridgehead atoms. The zero-order valence-electron chi connectivity index (χ0n) is 10.3. The van der Waals surface area contributed by atoms with E-state index in [1.54, 1.807) is 6.92 Å². The lowest BCUT2D eigenvalue weighted by Gasteiger charge is -2.33. The molecule has 8 heteroatoms. The summed E-state index contributed by atoms with van der Waals surface area (Å²) in [6.07, 6.45) is 1.52. The summed E-state index contributed by atoms with van der Waals surface area (Å²) in [7, 11) is 0. The number of anilines is 1. The Hall–Kier alpha value is -1.83. The fourth-order valence-corrected chi connectivity index (χ4v) is 3.00. The van der Waals surface area contributed by atoms with Gasteiger partial charge in [0, 0.05) is 30.3 Å². The van der Waals surface area contributed by atoms with Gasteiger partial charge < -0.3 is 10.0 Å². The summed E-state index contributed by atoms with van der Waals surface area (Å²) in [6.45, 7) is 2.16. The summed E-state index contributed by atoms with van der Waals surface area (Å²) in [6, 6.07) is 0.649. The van der Waals surface area contributed by atoms with Crippen LogP contribution in [0.3, 0.4) is 0 Å². The van der Waals surface area contributed by atoms with Crippen LogP contribution in [0.1, 0.15) is 5.56 Å². The first kappa shape index (κ1) is 13.6. The molecule has 1 atom stereocenters. The van der Waals surface area contributed by atoms with Gasteiger partial charge in [0.2, 0.25) is 5.82 Å². The van der Waals surface area contributed by atoms with E-state index in [1.165, 1.54) is 28.9 Å². The van der Waals surface area contributed by atoms with Crippen molar-refractivity contribution in [2.45, 2.75) is 13.0 Å². The Kier molecular flexibility index (Phi) is 3.89. The quantitative estimate of drug-likeness (QED) is 0.659. The number of rotatable bonds is 3. The highest BCUT2D eigenvalue weighted by Crippen LogP contribution is 2.30. The van der Waals surface area contributed by atoms with Gasteiger partial charge in [-0.25, -0.2) is 9.78 Å². The number of carboxylic acid groups (broad SMARTS) is 1. The Morgan fingerprint density at radius 3 is 3.05 bits per heavy atom. The van der Waals surface area contributed by atoms with Crippen molar-refractivity contribution in [3.8, 4) is 0 Å². The summed E-state index contributed by atoms with van der Waals surface area (Å²) in [5, 5.41) is 20.3. The average molecular weight is 283 g/mol. The molecule has 0 aliphatic carbocycles. The molecule has 0 radical (unpaired) electrons. The highest BCUT2D eigenvalue weighted by molar-refractivity contribution is 7.99. The van der Waals surface area contributed by atoms with E-state index < -0.39 is 16.9 Å². The number of aromatic nitrogens is 1. The van der Waals surface area contributed by atoms with Crippen molar-refractivity contribution in [3.63, 3.8) is 0 Å². The number of thioether (sulfide) groups is 1. The molecule has 102 valence electrons. The number of aryl methyl sites for hydroxylation is 1. The lowest BCUT2D eigenvalue weighted by atomic mass is 10.2. The maximum Gasteiger partial charge on any atom is 0.327 e. The van der Waals surface area contributed by atoms with Gasteiger partial charge in [-0.15, -0.1) is 0 Å². The molecule has 1 aliphatic heterocycles. The van der Waals surface area contributed by atoms with Crippen LogP contribution in [-0.4, -0.2) is 45.1 Å². The van der Waals surface area contributed by atoms with Crippen LogP contribution in [0, 0.1) is 17.0 Å². The Morgan fingerprint density at radius 2 is 2.42 bits per heavy atom. The second-order valence-electron chi connectivity index (χ2n) is 4.23. The van der Waals surface area contributed by atoms with Crippen LogP contribution in [0.4, 0.5) is 11.5 Å². The summed E-state index contributed by atoms with van der Waals surface area (Å²) >= 11 is 1.53. The predicted molar refractivity (Wildman–Crippen MR) is 71.7 cm³/mol. The van der Waals surface area contributed by atoms with Gasteiger partial charge in [0.05, 0.1) is 4.92 Å². The van der Waals surface area contributed by atoms with Crippen LogP contribution in [0.15, 0.2) is 12.3 Å². The van der Waals surface area contributed by atoms with Crippen molar-refractivity contribution in [1.82, 2.24) is 4.98 Å². The van der Waals surface area contributed by atoms with Crippen LogP contribution in [0.5, 0.6) is 0 Å². The zero-order chi connectivity index (χ0) is 14.0. The fraction of sp³-hybridized carbons (Fsp3) is 0.455. The highest BCUT2D eigenvalue weighted by atomic mass is 32.2. The minimum absolute atomic E-state index is 0.141. The molecule has 7 nitrogen and oxygen atoms in total. The third kappa shape index (κ3) is 2.78. The normalized spacial score (nSPS) is 19.2. The first-order valence-corrected chi connectivity index (χ1v) is 6.84. The molecule has 2 rings (SSSR count). The maximum atomic E-state index is 11.2. The van der Waals surface area contributed by atoms with Crippen molar-refractivity contribution in [2.24, 2.45) is 0 Å². The highest BCUT2D eigenvalue weighted by Gasteiger charge is 2.33. The molecular formula is C11H13N3O4S. The zero-order valence-corrected chi connectivity index (χ0v) is 11.1. The number of hydrogen-bond acceptors (Lipinski definition) is 6. The second kappa shape index (κ2) is 5.43. The third-order valence-corrected chi connectivity index (χ3v) is 3.89. The van der Waals surface area contributed by atoms with E-state index in [0.717, 1.165) is 5.75 Å². The molecule has 1 N–H and O–H groups in total. The third-order valence-electron chi connectivity index (χ3n) is 2.87. The minimum Gasteiger partial charge on any atom is -0.480 e. The number of hydrogen-bond donors (Lipinski definition) is 1. The lowest BCUT2D eigenvalue weighted by molar-refractivity contribution is -0.384. The number of aliphatic carboxylic acids is 1. The smallest absolute Gasteiger partial charge is 0.327 e. The van der Waals surface area contributed by atoms with Crippen LogP contribution >= 0.6 is 11.8 Å². The van der Waals surface area contributed by atoms with E-state index in [-0.39, 0.29) is 11.5 Å². The number of nitro groups is 1. The van der Waals surface area contributed by atoms with Gasteiger partial charge in [0.1, 0.15) is 6.04 Å². The average Bonchev–Trinajstić information content (AvgIpc) is 2.38. The molecule has 0 aromatic carbocycles. The second-order valence-corrected chi connectivity index (χ2v) is 5.38. The van der Waals surface area contributed by atoms with Gasteiger partial charge in [0.15, 0.2) is 0 Å². The molecule has 1 unspecified atom stereocenters. The summed E-state index contributed by atoms with van der Waals surface area (Å²) in [5.74, 6) is 0.297. The molecule has 1 fully saturated rings. The topological polar surface area (TPSA) is 96.6 Å². The summed E-state index contributed by atoms with van der Waals surface area (Å²) in [4.78, 5) is 27.4. The largest absolute Gasteiger partial charge is 0.480 e. The van der Waals surface area contributed by atoms with Crippen molar-refractivity contribution in [3.05, 3.63) is 27.9 Å². The van der Waals surface area contributed by atoms with Gasteiger partial charge in [-0.05, 0) is 12.5 Å². The van der Waals surface area contributed by atoms with Gasteiger partial charge in [-0.3, -0.25) is 10.1 Å². The van der Waals surface area contributed by atoms with Gasteiger partial charge >= 0.3 is 11.7 Å². The standard InChI is InChI=1S/C11H13N3O4S/c1-7-4-8(14(17)18)10(12-5-7)13-2-3-19-6-9(13)11(15)16/h4-5,9H,2-3,6H2,1H3,(H,15,16). The lowest BCUT2D eigenvalue weighted by Crippen LogP contribution is -2.48. The molecule has 1 aromatic rings. The molecular weight excluding hydrogens is 270 g/mol. The predicted octanol–water partition coefficient (Wildman–Crippen LogP) is 1.30. The molecule has 1 aromatic heterocycles. The molecule has 2 heterocycles. The molecule has 0 spiro atoms. The molecule has 0 amide bonds. The van der Waals surface area contributed by atoms with E-state index in [0.29, 0.717) is 17.9 Å². The number of carbonyl (C=O) groups is 1. The van der Waals surface area contributed by atoms with Crippen molar-refractivity contribution >= 4 is 29.2 Å². The summed E-state index contributed by atoms with van der Waals surface area (Å²) < 4.78 is 0. The van der Waals surface area contributed by atoms with Crippen LogP contribution in [-0.2, 0) is 4.79 Å². The minimum atomic E-state index is -0.983. The maximum absolute atomic E-state index is 11.2. The van der Waals surface area contributed by atoms with Gasteiger partial charge in [-0.1, -0.05) is 0 Å². The van der Waals surface area contributed by atoms with E-state index in [1.807, 2.05) is 0 Å². The van der Waals surface area contributed by atoms with Crippen LogP contribution in [0.2, 0.25) is 0 Å². The molecule has 1 saturated heterocycles. The monoisotopic (exact) mass is 283 g/mol. The summed E-state index contributed by atoms with van der Waals surface area (Å²) in [5.41, 5.74) is 0.534. The number of carboxylic acids is 1. The Balaban J connectivity index is 2.44. The Morgan fingerprint density at radius 1 is 1.68 bits per heavy atom. The molecule has 1 aliphatic rings. The van der Waals surface area contributed by atoms with Crippen molar-refractivity contribution in [2.75, 3.05) is 23.0 Å². The van der Waals surface area contributed by atoms with E-state index in [9.17, 15) is 20.0 Å². The van der Waals surface area contributed by atoms with E-state index in [2.05, 4.69) is 4.98 Å². The van der Waals surface area contributed by atoms with Crippen LogP contribution < -0.4 is 4.90 Å². The van der Waals surface area contributed by atoms with E-state index in [4.69, 9.17) is 0 Å². The number of pyridine rings is 1. The SMILES string of the molecule is Cc1cnc(N2CCSCC2C(=O)O)c([N+](=O)[O-])c1. The van der Waals surface area contributed by atoms with Gasteiger partial charge in [-0.2, -0.15) is 11.8 Å². The van der Waals surface area contributed by atoms with Crippen molar-refractivity contribution in [1.29, 1.82) is 0 Å². The fourth-order valence-electron chi connectivity index (χ4n) is 1.96. The first-order valence-electron chi connectivity index (χ1n) is 5.69. The van der Waals surface area contributed by atoms with Crippen molar-refractivity contribution < 1.29 is 14.8 Å². The van der Waals surface area contributed by atoms with Gasteiger partial charge in [0.25, 0.3) is 0 Å². The molecule has 19 heavy (non-hydrogen) atoms. The van der Waals surface area contributed by atoms with Crippen LogP contribution in [0.25, 0.3) is 0 Å². The van der Waals surface area contributed by atoms with E-state index >= 15 is 0 Å². The number of nitrogens with zero attached hydrogens (tertiary/aromatic N) is 3. The Bertz CT molecular complexity index is 523. The molecule has 0 saturated carbocycles. The Labute approximate surface area is 113 Å².